The molecule has 1 aliphatic heterocycles. The molecule has 0 saturated carbocycles. The van der Waals surface area contributed by atoms with Gasteiger partial charge in [0.1, 0.15) is 11.9 Å². The summed E-state index contributed by atoms with van der Waals surface area (Å²) in [4.78, 5) is 21.2. The van der Waals surface area contributed by atoms with Crippen LogP contribution >= 0.6 is 11.3 Å². The molecule has 2 aromatic heterocycles. The Morgan fingerprint density at radius 3 is 3.00 bits per heavy atom. The van der Waals surface area contributed by atoms with E-state index < -0.39 is 0 Å². The molecule has 6 nitrogen and oxygen atoms in total. The maximum absolute atomic E-state index is 12.7. The maximum Gasteiger partial charge on any atom is 0.255 e. The van der Waals surface area contributed by atoms with Crippen molar-refractivity contribution in [1.29, 1.82) is 0 Å². The molecule has 22 heavy (non-hydrogen) atoms. The number of rotatable bonds is 3. The van der Waals surface area contributed by atoms with Crippen LogP contribution in [0, 0.1) is 13.8 Å². The monoisotopic (exact) mass is 320 g/mol. The van der Waals surface area contributed by atoms with Crippen molar-refractivity contribution in [1.82, 2.24) is 20.1 Å². The summed E-state index contributed by atoms with van der Waals surface area (Å²) in [5.41, 5.74) is 0.799. The molecule has 0 radical (unpaired) electrons. The number of nitrogens with zero attached hydrogens (tertiary/aromatic N) is 3. The van der Waals surface area contributed by atoms with Gasteiger partial charge >= 0.3 is 0 Å². The Balaban J connectivity index is 1.75. The highest BCUT2D eigenvalue weighted by atomic mass is 32.1. The molecule has 1 saturated heterocycles. The van der Waals surface area contributed by atoms with Gasteiger partial charge in [0, 0.05) is 22.7 Å². The summed E-state index contributed by atoms with van der Waals surface area (Å²) >= 11 is 1.66. The number of hydrogen-bond donors (Lipinski definition) is 1. The van der Waals surface area contributed by atoms with E-state index in [-0.39, 0.29) is 12.0 Å². The van der Waals surface area contributed by atoms with Gasteiger partial charge in [-0.2, -0.15) is 5.10 Å². The van der Waals surface area contributed by atoms with E-state index in [4.69, 9.17) is 4.74 Å². The molecular formula is C15H20N4O2S. The zero-order valence-corrected chi connectivity index (χ0v) is 13.9. The number of thiophene rings is 1. The number of H-pyrrole nitrogens is 1. The number of carbonyl (C=O) groups is 1. The molecule has 0 unspecified atom stereocenters. The maximum atomic E-state index is 12.7. The molecule has 0 aromatic carbocycles. The molecule has 3 heterocycles. The molecule has 1 atom stereocenters. The van der Waals surface area contributed by atoms with E-state index in [1.54, 1.807) is 11.3 Å². The van der Waals surface area contributed by atoms with Crippen LogP contribution in [0.2, 0.25) is 0 Å². The van der Waals surface area contributed by atoms with Gasteiger partial charge in [-0.25, -0.2) is 4.98 Å². The van der Waals surface area contributed by atoms with Crippen LogP contribution in [0.3, 0.4) is 0 Å². The largest absolute Gasteiger partial charge is 0.366 e. The van der Waals surface area contributed by atoms with Crippen LogP contribution in [-0.4, -0.2) is 45.7 Å². The second-order valence-electron chi connectivity index (χ2n) is 5.43. The molecule has 0 bridgehead atoms. The lowest BCUT2D eigenvalue weighted by atomic mass is 10.2. The van der Waals surface area contributed by atoms with Crippen molar-refractivity contribution < 1.29 is 9.53 Å². The van der Waals surface area contributed by atoms with E-state index >= 15 is 0 Å². The Morgan fingerprint density at radius 1 is 1.55 bits per heavy atom. The molecule has 1 aliphatic rings. The summed E-state index contributed by atoms with van der Waals surface area (Å²) in [6, 6.07) is 1.97. The first-order valence-electron chi connectivity index (χ1n) is 7.47. The van der Waals surface area contributed by atoms with E-state index in [1.807, 2.05) is 31.7 Å². The number of aromatic amines is 1. The zero-order chi connectivity index (χ0) is 15.7. The number of aryl methyl sites for hydroxylation is 3. The van der Waals surface area contributed by atoms with Gasteiger partial charge in [-0.05, 0) is 19.9 Å². The predicted octanol–water partition coefficient (Wildman–Crippen LogP) is 2.26. The van der Waals surface area contributed by atoms with Crippen LogP contribution < -0.4 is 0 Å². The fourth-order valence-electron chi connectivity index (χ4n) is 2.62. The fraction of sp³-hybridized carbons (Fsp3) is 0.533. The van der Waals surface area contributed by atoms with Crippen molar-refractivity contribution in [3.63, 3.8) is 0 Å². The number of ether oxygens (including phenoxy) is 1. The summed E-state index contributed by atoms with van der Waals surface area (Å²) in [7, 11) is 0. The van der Waals surface area contributed by atoms with Gasteiger partial charge in [-0.15, -0.1) is 11.3 Å². The highest BCUT2D eigenvalue weighted by Crippen LogP contribution is 2.25. The minimum absolute atomic E-state index is 0.0707. The first-order valence-corrected chi connectivity index (χ1v) is 8.29. The van der Waals surface area contributed by atoms with Crippen molar-refractivity contribution >= 4 is 17.2 Å². The van der Waals surface area contributed by atoms with Gasteiger partial charge in [0.2, 0.25) is 0 Å². The van der Waals surface area contributed by atoms with Gasteiger partial charge in [0.15, 0.2) is 5.82 Å². The molecule has 0 spiro atoms. The Hall–Kier alpha value is -1.73. The summed E-state index contributed by atoms with van der Waals surface area (Å²) < 4.78 is 5.74. The molecule has 7 heteroatoms. The molecule has 2 aromatic rings. The lowest BCUT2D eigenvalue weighted by molar-refractivity contribution is -0.0266. The Kier molecular flexibility index (Phi) is 4.26. The van der Waals surface area contributed by atoms with Crippen molar-refractivity contribution in [3.8, 4) is 0 Å². The summed E-state index contributed by atoms with van der Waals surface area (Å²) in [5.74, 6) is 1.54. The summed E-state index contributed by atoms with van der Waals surface area (Å²) in [6.45, 7) is 7.64. The lowest BCUT2D eigenvalue weighted by Gasteiger charge is -2.31. The highest BCUT2D eigenvalue weighted by Gasteiger charge is 2.29. The van der Waals surface area contributed by atoms with E-state index in [2.05, 4.69) is 15.2 Å². The van der Waals surface area contributed by atoms with Crippen molar-refractivity contribution in [2.45, 2.75) is 33.3 Å². The lowest BCUT2D eigenvalue weighted by Crippen LogP contribution is -2.42. The minimum Gasteiger partial charge on any atom is -0.366 e. The van der Waals surface area contributed by atoms with Gasteiger partial charge in [-0.3, -0.25) is 9.89 Å². The number of carbonyl (C=O) groups excluding carboxylic acids is 1. The number of morpholine rings is 1. The second kappa shape index (κ2) is 6.18. The van der Waals surface area contributed by atoms with E-state index in [1.165, 1.54) is 0 Å². The average Bonchev–Trinajstić information content (AvgIpc) is 3.13. The standard InChI is InChI=1S/C15H20N4O2S/c1-4-13-16-14(18-17-13)12-8-19(5-6-21-12)15(20)11-7-9(2)22-10(11)3/h7,12H,4-6,8H2,1-3H3,(H,16,17,18)/t12-/m0/s1. The molecule has 0 aliphatic carbocycles. The number of amides is 1. The number of hydrogen-bond acceptors (Lipinski definition) is 5. The van der Waals surface area contributed by atoms with Crippen LogP contribution in [-0.2, 0) is 11.2 Å². The molecule has 1 fully saturated rings. The first kappa shape index (κ1) is 15.2. The predicted molar refractivity (Wildman–Crippen MR) is 84.2 cm³/mol. The van der Waals surface area contributed by atoms with Gasteiger partial charge in [0.25, 0.3) is 5.91 Å². The molecule has 118 valence electrons. The quantitative estimate of drug-likeness (QED) is 0.941. The summed E-state index contributed by atoms with van der Waals surface area (Å²) in [6.07, 6.45) is 0.546. The SMILES string of the molecule is CCc1nc([C@@H]2CN(C(=O)c3cc(C)sc3C)CCO2)n[nH]1. The molecule has 1 amide bonds. The fourth-order valence-corrected chi connectivity index (χ4v) is 3.53. The molecule has 3 rings (SSSR count). The Bertz CT molecular complexity index is 679. The third-order valence-corrected chi connectivity index (χ3v) is 4.76. The zero-order valence-electron chi connectivity index (χ0n) is 13.0. The Labute approximate surface area is 133 Å². The Morgan fingerprint density at radius 2 is 2.36 bits per heavy atom. The van der Waals surface area contributed by atoms with E-state index in [0.29, 0.717) is 25.5 Å². The van der Waals surface area contributed by atoms with Crippen LogP contribution in [0.5, 0.6) is 0 Å². The minimum atomic E-state index is -0.255. The third-order valence-electron chi connectivity index (χ3n) is 3.80. The normalized spacial score (nSPS) is 18.7. The van der Waals surface area contributed by atoms with Crippen LogP contribution in [0.15, 0.2) is 6.07 Å². The average molecular weight is 320 g/mol. The topological polar surface area (TPSA) is 71.1 Å². The van der Waals surface area contributed by atoms with E-state index in [0.717, 1.165) is 27.6 Å². The number of nitrogens with one attached hydrogen (secondary N) is 1. The second-order valence-corrected chi connectivity index (χ2v) is 6.89. The van der Waals surface area contributed by atoms with Crippen LogP contribution in [0.1, 0.15) is 44.8 Å². The van der Waals surface area contributed by atoms with Crippen molar-refractivity contribution in [2.75, 3.05) is 19.7 Å². The van der Waals surface area contributed by atoms with Crippen LogP contribution in [0.4, 0.5) is 0 Å². The molecular weight excluding hydrogens is 300 g/mol. The van der Waals surface area contributed by atoms with E-state index in [9.17, 15) is 4.79 Å². The highest BCUT2D eigenvalue weighted by molar-refractivity contribution is 7.12. The van der Waals surface area contributed by atoms with Gasteiger partial charge < -0.3 is 9.64 Å². The molecule has 1 N–H and O–H groups in total. The van der Waals surface area contributed by atoms with Crippen molar-refractivity contribution in [3.05, 3.63) is 33.0 Å². The number of aromatic nitrogens is 3. The van der Waals surface area contributed by atoms with Gasteiger partial charge in [0.05, 0.1) is 18.7 Å². The van der Waals surface area contributed by atoms with Crippen molar-refractivity contribution in [2.24, 2.45) is 0 Å². The first-order chi connectivity index (χ1) is 10.6. The summed E-state index contributed by atoms with van der Waals surface area (Å²) in [5, 5.41) is 7.10. The third kappa shape index (κ3) is 2.91. The smallest absolute Gasteiger partial charge is 0.255 e. The van der Waals surface area contributed by atoms with Gasteiger partial charge in [-0.1, -0.05) is 6.92 Å². The van der Waals surface area contributed by atoms with Crippen LogP contribution in [0.25, 0.3) is 0 Å².